The van der Waals surface area contributed by atoms with E-state index in [4.69, 9.17) is 16.0 Å². The monoisotopic (exact) mass is 439 g/mol. The minimum absolute atomic E-state index is 0.0717. The van der Waals surface area contributed by atoms with E-state index < -0.39 is 0 Å². The Hall–Kier alpha value is -3.03. The van der Waals surface area contributed by atoms with Gasteiger partial charge < -0.3 is 19.2 Å². The minimum atomic E-state index is -0.245. The van der Waals surface area contributed by atoms with Crippen LogP contribution in [0.3, 0.4) is 0 Å². The molecule has 4 heterocycles. The van der Waals surface area contributed by atoms with Crippen LogP contribution in [0.15, 0.2) is 59.3 Å². The Bertz CT molecular complexity index is 1220. The van der Waals surface area contributed by atoms with Crippen molar-refractivity contribution in [3.05, 3.63) is 76.1 Å². The third-order valence-corrected chi connectivity index (χ3v) is 6.66. The van der Waals surface area contributed by atoms with Gasteiger partial charge in [0.05, 0.1) is 21.2 Å². The van der Waals surface area contributed by atoms with Crippen LogP contribution in [0.25, 0.3) is 10.9 Å². The molecule has 1 aromatic carbocycles. The molecule has 152 valence electrons. The Kier molecular flexibility index (Phi) is 4.84. The number of H-pyrrole nitrogens is 1. The zero-order chi connectivity index (χ0) is 20.7. The zero-order valence-corrected chi connectivity index (χ0v) is 17.5. The predicted molar refractivity (Wildman–Crippen MR) is 118 cm³/mol. The number of halogens is 1. The van der Waals surface area contributed by atoms with Crippen LogP contribution in [0.4, 0.5) is 5.00 Å². The summed E-state index contributed by atoms with van der Waals surface area (Å²) in [5.41, 5.74) is 1.72. The Labute approximate surface area is 181 Å². The van der Waals surface area contributed by atoms with Crippen LogP contribution in [-0.4, -0.2) is 47.8 Å². The molecule has 0 atom stereocenters. The molecule has 1 fully saturated rings. The summed E-state index contributed by atoms with van der Waals surface area (Å²) in [6.07, 6.45) is 3.11. The maximum Gasteiger partial charge on any atom is 0.254 e. The highest BCUT2D eigenvalue weighted by atomic mass is 35.5. The standard InChI is InChI=1S/C22H18ClN3O3S/c23-18-6-7-19(30-18)25-8-10-26(11-9-25)22(28)14-3-1-4-16-20(14)15(13-24-16)21(27)17-5-2-12-29-17/h1-7,12-13,24H,8-11H2. The molecule has 0 unspecified atom stereocenters. The fraction of sp³-hybridized carbons (Fsp3) is 0.182. The fourth-order valence-corrected chi connectivity index (χ4v) is 4.94. The number of anilines is 1. The number of piperazine rings is 1. The molecular formula is C22H18ClN3O3S. The van der Waals surface area contributed by atoms with Gasteiger partial charge in [0.15, 0.2) is 5.76 Å². The number of aromatic nitrogens is 1. The van der Waals surface area contributed by atoms with Crippen molar-refractivity contribution >= 4 is 50.5 Å². The van der Waals surface area contributed by atoms with Crippen molar-refractivity contribution in [3.63, 3.8) is 0 Å². The molecule has 0 spiro atoms. The Balaban J connectivity index is 1.41. The maximum absolute atomic E-state index is 13.4. The molecule has 1 aliphatic heterocycles. The Morgan fingerprint density at radius 1 is 1.00 bits per heavy atom. The smallest absolute Gasteiger partial charge is 0.254 e. The van der Waals surface area contributed by atoms with Crippen molar-refractivity contribution in [3.8, 4) is 0 Å². The highest BCUT2D eigenvalue weighted by molar-refractivity contribution is 7.19. The summed E-state index contributed by atoms with van der Waals surface area (Å²) in [6.45, 7) is 2.70. The molecule has 5 rings (SSSR count). The number of fused-ring (bicyclic) bond motifs is 1. The van der Waals surface area contributed by atoms with Crippen LogP contribution in [0, 0.1) is 0 Å². The Morgan fingerprint density at radius 3 is 2.53 bits per heavy atom. The molecule has 6 nitrogen and oxygen atoms in total. The quantitative estimate of drug-likeness (QED) is 0.469. The van der Waals surface area contributed by atoms with Crippen molar-refractivity contribution in [1.29, 1.82) is 0 Å². The Morgan fingerprint density at radius 2 is 1.83 bits per heavy atom. The molecular weight excluding hydrogens is 422 g/mol. The number of carbonyl (C=O) groups excluding carboxylic acids is 2. The molecule has 30 heavy (non-hydrogen) atoms. The number of rotatable bonds is 4. The molecule has 8 heteroatoms. The number of hydrogen-bond donors (Lipinski definition) is 1. The number of aromatic amines is 1. The van der Waals surface area contributed by atoms with Crippen molar-refractivity contribution < 1.29 is 14.0 Å². The summed E-state index contributed by atoms with van der Waals surface area (Å²) in [5.74, 6) is -0.0650. The molecule has 0 aliphatic carbocycles. The summed E-state index contributed by atoms with van der Waals surface area (Å²) in [5, 5.41) is 1.75. The molecule has 4 aromatic rings. The van der Waals surface area contributed by atoms with Crippen LogP contribution in [0.5, 0.6) is 0 Å². The molecule has 0 saturated carbocycles. The van der Waals surface area contributed by atoms with Crippen LogP contribution in [-0.2, 0) is 0 Å². The largest absolute Gasteiger partial charge is 0.461 e. The molecule has 0 bridgehead atoms. The van der Waals surface area contributed by atoms with E-state index in [0.717, 1.165) is 27.9 Å². The van der Waals surface area contributed by atoms with Crippen molar-refractivity contribution in [2.45, 2.75) is 0 Å². The van der Waals surface area contributed by atoms with Gasteiger partial charge in [0.25, 0.3) is 5.91 Å². The third kappa shape index (κ3) is 3.30. The molecule has 1 saturated heterocycles. The zero-order valence-electron chi connectivity index (χ0n) is 15.9. The van der Waals surface area contributed by atoms with Gasteiger partial charge >= 0.3 is 0 Å². The molecule has 1 aliphatic rings. The van der Waals surface area contributed by atoms with E-state index >= 15 is 0 Å². The molecule has 1 N–H and O–H groups in total. The first-order valence-corrected chi connectivity index (χ1v) is 10.8. The molecule has 3 aromatic heterocycles. The summed E-state index contributed by atoms with van der Waals surface area (Å²) in [7, 11) is 0. The van der Waals surface area contributed by atoms with Crippen molar-refractivity contribution in [2.24, 2.45) is 0 Å². The normalized spacial score (nSPS) is 14.4. The summed E-state index contributed by atoms with van der Waals surface area (Å²) in [4.78, 5) is 33.4. The number of thiophene rings is 1. The number of ketones is 1. The summed E-state index contributed by atoms with van der Waals surface area (Å²) in [6, 6.07) is 12.7. The number of nitrogens with zero attached hydrogens (tertiary/aromatic N) is 2. The number of furan rings is 1. The van der Waals surface area contributed by atoms with Crippen molar-refractivity contribution in [1.82, 2.24) is 9.88 Å². The van der Waals surface area contributed by atoms with E-state index in [2.05, 4.69) is 9.88 Å². The van der Waals surface area contributed by atoms with Crippen LogP contribution < -0.4 is 4.90 Å². The molecule has 0 radical (unpaired) electrons. The highest BCUT2D eigenvalue weighted by Crippen LogP contribution is 2.31. The van der Waals surface area contributed by atoms with E-state index in [0.29, 0.717) is 29.6 Å². The average molecular weight is 440 g/mol. The second-order valence-electron chi connectivity index (χ2n) is 7.09. The van der Waals surface area contributed by atoms with Gasteiger partial charge in [0.1, 0.15) is 0 Å². The van der Waals surface area contributed by atoms with E-state index in [9.17, 15) is 9.59 Å². The van der Waals surface area contributed by atoms with Gasteiger partial charge in [-0.25, -0.2) is 0 Å². The van der Waals surface area contributed by atoms with Crippen molar-refractivity contribution in [2.75, 3.05) is 31.1 Å². The summed E-state index contributed by atoms with van der Waals surface area (Å²) >= 11 is 7.60. The van der Waals surface area contributed by atoms with E-state index in [1.165, 1.54) is 6.26 Å². The van der Waals surface area contributed by atoms with Gasteiger partial charge in [0, 0.05) is 48.8 Å². The average Bonchev–Trinajstić information content (AvgIpc) is 3.53. The predicted octanol–water partition coefficient (Wildman–Crippen LogP) is 4.67. The second-order valence-corrected chi connectivity index (χ2v) is 8.79. The molecule has 1 amide bonds. The van der Waals surface area contributed by atoms with Crippen LogP contribution >= 0.6 is 22.9 Å². The fourth-order valence-electron chi connectivity index (χ4n) is 3.86. The van der Waals surface area contributed by atoms with Gasteiger partial charge in [-0.15, -0.1) is 11.3 Å². The van der Waals surface area contributed by atoms with Gasteiger partial charge in [-0.3, -0.25) is 9.59 Å². The second kappa shape index (κ2) is 7.66. The van der Waals surface area contributed by atoms with Gasteiger partial charge in [-0.2, -0.15) is 0 Å². The number of amides is 1. The number of benzene rings is 1. The first kappa shape index (κ1) is 19.0. The van der Waals surface area contributed by atoms with E-state index in [1.54, 1.807) is 35.7 Å². The van der Waals surface area contributed by atoms with Crippen LogP contribution in [0.2, 0.25) is 4.34 Å². The lowest BCUT2D eigenvalue weighted by Gasteiger charge is -2.35. The lowest BCUT2D eigenvalue weighted by Crippen LogP contribution is -2.48. The first-order chi connectivity index (χ1) is 14.6. The third-order valence-electron chi connectivity index (χ3n) is 5.36. The number of carbonyl (C=O) groups is 2. The maximum atomic E-state index is 13.4. The minimum Gasteiger partial charge on any atom is -0.461 e. The lowest BCUT2D eigenvalue weighted by molar-refractivity contribution is 0.0749. The van der Waals surface area contributed by atoms with Crippen LogP contribution in [0.1, 0.15) is 26.5 Å². The SMILES string of the molecule is O=C(c1ccco1)c1c[nH]c2cccc(C(=O)N3CCN(c4ccc(Cl)s4)CC3)c12. The highest BCUT2D eigenvalue weighted by Gasteiger charge is 2.27. The topological polar surface area (TPSA) is 69.5 Å². The number of hydrogen-bond acceptors (Lipinski definition) is 5. The lowest BCUT2D eigenvalue weighted by atomic mass is 10.0. The van der Waals surface area contributed by atoms with Gasteiger partial charge in [-0.1, -0.05) is 17.7 Å². The summed E-state index contributed by atoms with van der Waals surface area (Å²) < 4.78 is 6.03. The first-order valence-electron chi connectivity index (χ1n) is 9.59. The van der Waals surface area contributed by atoms with E-state index in [1.807, 2.05) is 29.2 Å². The number of nitrogens with one attached hydrogen (secondary N) is 1. The van der Waals surface area contributed by atoms with E-state index in [-0.39, 0.29) is 17.5 Å². The van der Waals surface area contributed by atoms with Gasteiger partial charge in [0.2, 0.25) is 5.78 Å². The van der Waals surface area contributed by atoms with Gasteiger partial charge in [-0.05, 0) is 36.4 Å².